The van der Waals surface area contributed by atoms with E-state index < -0.39 is 11.7 Å². The molecule has 0 unspecified atom stereocenters. The van der Waals surface area contributed by atoms with Crippen LogP contribution in [0.3, 0.4) is 0 Å². The van der Waals surface area contributed by atoms with Crippen LogP contribution in [0.4, 0.5) is 19.1 Å². The number of rotatable bonds is 5. The average Bonchev–Trinajstić information content (AvgIpc) is 3.20. The van der Waals surface area contributed by atoms with Gasteiger partial charge in [-0.15, -0.1) is 0 Å². The van der Waals surface area contributed by atoms with Crippen LogP contribution in [0.25, 0.3) is 22.3 Å². The summed E-state index contributed by atoms with van der Waals surface area (Å²) in [6.45, 7) is 6.04. The van der Waals surface area contributed by atoms with Gasteiger partial charge in [0.25, 0.3) is 0 Å². The molecule has 31 heavy (non-hydrogen) atoms. The number of halogens is 3. The highest BCUT2D eigenvalue weighted by Gasteiger charge is 2.31. The van der Waals surface area contributed by atoms with Gasteiger partial charge in [0.2, 0.25) is 5.95 Å². The van der Waals surface area contributed by atoms with Gasteiger partial charge in [0.1, 0.15) is 11.7 Å². The van der Waals surface area contributed by atoms with Gasteiger partial charge in [-0.1, -0.05) is 6.92 Å². The van der Waals surface area contributed by atoms with E-state index in [4.69, 9.17) is 0 Å². The lowest BCUT2D eigenvalue weighted by Gasteiger charge is -2.31. The Bertz CT molecular complexity index is 1110. The molecular formula is C21H22F3N7. The van der Waals surface area contributed by atoms with E-state index in [0.717, 1.165) is 44.7 Å². The van der Waals surface area contributed by atoms with Gasteiger partial charge in [0.15, 0.2) is 0 Å². The summed E-state index contributed by atoms with van der Waals surface area (Å²) in [5.41, 5.74) is 0.271. The topological polar surface area (TPSA) is 93.5 Å². The van der Waals surface area contributed by atoms with Gasteiger partial charge in [0.05, 0.1) is 23.0 Å². The Morgan fingerprint density at radius 1 is 1.26 bits per heavy atom. The summed E-state index contributed by atoms with van der Waals surface area (Å²) in [5.74, 6) is 0.846. The van der Waals surface area contributed by atoms with E-state index in [2.05, 4.69) is 37.1 Å². The first-order valence-corrected chi connectivity index (χ1v) is 10.2. The van der Waals surface area contributed by atoms with Crippen LogP contribution >= 0.6 is 0 Å². The Labute approximate surface area is 177 Å². The van der Waals surface area contributed by atoms with E-state index in [9.17, 15) is 18.4 Å². The number of H-pyrrole nitrogens is 1. The molecule has 0 aromatic carbocycles. The Balaban J connectivity index is 1.61. The van der Waals surface area contributed by atoms with Crippen molar-refractivity contribution in [3.63, 3.8) is 0 Å². The zero-order chi connectivity index (χ0) is 22.0. The van der Waals surface area contributed by atoms with Gasteiger partial charge in [0, 0.05) is 29.9 Å². The van der Waals surface area contributed by atoms with E-state index in [-0.39, 0.29) is 16.6 Å². The van der Waals surface area contributed by atoms with Crippen LogP contribution in [0.15, 0.2) is 24.7 Å². The first-order chi connectivity index (χ1) is 14.9. The smallest absolute Gasteiger partial charge is 0.354 e. The summed E-state index contributed by atoms with van der Waals surface area (Å²) in [7, 11) is 0. The molecule has 2 N–H and O–H groups in total. The number of likely N-dealkylation sites (tertiary alicyclic amines) is 1. The molecule has 4 heterocycles. The minimum Gasteiger partial charge on any atom is -0.354 e. The molecule has 3 aromatic rings. The summed E-state index contributed by atoms with van der Waals surface area (Å²) in [4.78, 5) is 17.8. The lowest BCUT2D eigenvalue weighted by molar-refractivity contribution is -0.137. The molecule has 0 aliphatic carbocycles. The number of alkyl halides is 3. The van der Waals surface area contributed by atoms with Crippen molar-refractivity contribution in [1.29, 1.82) is 5.26 Å². The molecule has 1 fully saturated rings. The van der Waals surface area contributed by atoms with Crippen molar-refractivity contribution in [3.05, 3.63) is 35.8 Å². The molecular weight excluding hydrogens is 407 g/mol. The molecule has 3 aromatic heterocycles. The first-order valence-electron chi connectivity index (χ1n) is 10.2. The van der Waals surface area contributed by atoms with Crippen molar-refractivity contribution in [2.75, 3.05) is 31.5 Å². The fourth-order valence-electron chi connectivity index (χ4n) is 3.85. The number of hydrogen-bond donors (Lipinski definition) is 2. The van der Waals surface area contributed by atoms with Crippen molar-refractivity contribution in [2.45, 2.75) is 25.9 Å². The van der Waals surface area contributed by atoms with Gasteiger partial charge in [-0.3, -0.25) is 0 Å². The second kappa shape index (κ2) is 8.51. The highest BCUT2D eigenvalue weighted by Crippen LogP contribution is 2.34. The highest BCUT2D eigenvalue weighted by molar-refractivity contribution is 5.94. The fourth-order valence-corrected chi connectivity index (χ4v) is 3.85. The summed E-state index contributed by atoms with van der Waals surface area (Å²) in [6, 6.07) is 3.04. The molecule has 0 saturated carbocycles. The molecule has 0 amide bonds. The normalized spacial score (nSPS) is 15.8. The maximum atomic E-state index is 13.1. The number of nitrogens with zero attached hydrogens (tertiary/aromatic N) is 5. The molecule has 10 heteroatoms. The minimum absolute atomic E-state index is 0.181. The van der Waals surface area contributed by atoms with Crippen LogP contribution in [0, 0.1) is 17.2 Å². The summed E-state index contributed by atoms with van der Waals surface area (Å²) in [6.07, 6.45) is 1.34. The summed E-state index contributed by atoms with van der Waals surface area (Å²) in [5, 5.41) is 13.0. The zero-order valence-corrected chi connectivity index (χ0v) is 17.0. The predicted molar refractivity (Wildman–Crippen MR) is 110 cm³/mol. The van der Waals surface area contributed by atoms with Crippen LogP contribution in [0.1, 0.15) is 30.9 Å². The first kappa shape index (κ1) is 21.1. The third-order valence-corrected chi connectivity index (χ3v) is 5.73. The molecule has 162 valence electrons. The molecule has 0 atom stereocenters. The molecule has 4 rings (SSSR count). The Morgan fingerprint density at radius 3 is 2.71 bits per heavy atom. The number of nitriles is 1. The summed E-state index contributed by atoms with van der Waals surface area (Å²) >= 11 is 0. The van der Waals surface area contributed by atoms with Crippen LogP contribution in [-0.2, 0) is 6.18 Å². The lowest BCUT2D eigenvalue weighted by Crippen LogP contribution is -2.35. The number of nitrogens with one attached hydrogen (secondary N) is 2. The van der Waals surface area contributed by atoms with Crippen LogP contribution < -0.4 is 5.32 Å². The molecule has 0 radical (unpaired) electrons. The maximum absolute atomic E-state index is 13.1. The molecule has 1 aliphatic heterocycles. The molecule has 1 saturated heterocycles. The van der Waals surface area contributed by atoms with Gasteiger partial charge in [-0.05, 0) is 44.5 Å². The average molecular weight is 429 g/mol. The number of aromatic amines is 1. The van der Waals surface area contributed by atoms with Crippen LogP contribution in [-0.4, -0.2) is 51.0 Å². The molecule has 1 aliphatic rings. The number of fused-ring (bicyclic) bond motifs is 1. The van der Waals surface area contributed by atoms with Crippen molar-refractivity contribution >= 4 is 17.0 Å². The monoisotopic (exact) mass is 429 g/mol. The van der Waals surface area contributed by atoms with Crippen LogP contribution in [0.5, 0.6) is 0 Å². The lowest BCUT2D eigenvalue weighted by atomic mass is 9.97. The third kappa shape index (κ3) is 4.46. The van der Waals surface area contributed by atoms with E-state index in [0.29, 0.717) is 29.6 Å². The maximum Gasteiger partial charge on any atom is 0.417 e. The summed E-state index contributed by atoms with van der Waals surface area (Å²) < 4.78 is 39.4. The number of hydrogen-bond acceptors (Lipinski definition) is 6. The SMILES string of the molecule is CCN1CCC(CNc2ncc(C#N)c(-c3c[nH]c4ncc(C(F)(F)F)cc34)n2)CC1. The van der Waals surface area contributed by atoms with Crippen molar-refractivity contribution < 1.29 is 13.2 Å². The standard InChI is InChI=1S/C21H22F3N7/c1-2-31-5-3-13(4-6-31)9-28-20-29-10-14(8-25)18(30-20)17-12-27-19-16(17)7-15(11-26-19)21(22,23)24/h7,10-13H,2-6,9H2,1H3,(H,26,27)(H,28,29,30). The Kier molecular flexibility index (Phi) is 5.78. The van der Waals surface area contributed by atoms with Gasteiger partial charge in [-0.25, -0.2) is 15.0 Å². The fraction of sp³-hybridized carbons (Fsp3) is 0.429. The van der Waals surface area contributed by atoms with E-state index in [1.165, 1.54) is 12.4 Å². The number of piperidine rings is 1. The highest BCUT2D eigenvalue weighted by atomic mass is 19.4. The minimum atomic E-state index is -4.51. The van der Waals surface area contributed by atoms with E-state index in [1.54, 1.807) is 0 Å². The Morgan fingerprint density at radius 2 is 2.03 bits per heavy atom. The Hall–Kier alpha value is -3.19. The van der Waals surface area contributed by atoms with Gasteiger partial charge < -0.3 is 15.2 Å². The van der Waals surface area contributed by atoms with Crippen LogP contribution in [0.2, 0.25) is 0 Å². The predicted octanol–water partition coefficient (Wildman–Crippen LogP) is 4.05. The zero-order valence-electron chi connectivity index (χ0n) is 17.0. The third-order valence-electron chi connectivity index (χ3n) is 5.73. The van der Waals surface area contributed by atoms with Crippen molar-refractivity contribution in [2.24, 2.45) is 5.92 Å². The molecule has 0 spiro atoms. The number of anilines is 1. The van der Waals surface area contributed by atoms with E-state index >= 15 is 0 Å². The van der Waals surface area contributed by atoms with Crippen molar-refractivity contribution in [1.82, 2.24) is 24.8 Å². The molecule has 7 nitrogen and oxygen atoms in total. The van der Waals surface area contributed by atoms with Gasteiger partial charge >= 0.3 is 6.18 Å². The largest absolute Gasteiger partial charge is 0.417 e. The van der Waals surface area contributed by atoms with E-state index in [1.807, 2.05) is 6.07 Å². The quantitative estimate of drug-likeness (QED) is 0.636. The second-order valence-electron chi connectivity index (χ2n) is 7.65. The van der Waals surface area contributed by atoms with Crippen molar-refractivity contribution in [3.8, 4) is 17.3 Å². The van der Waals surface area contributed by atoms with Gasteiger partial charge in [-0.2, -0.15) is 18.4 Å². The number of pyridine rings is 1. The second-order valence-corrected chi connectivity index (χ2v) is 7.65. The molecule has 0 bridgehead atoms. The number of aromatic nitrogens is 4.